The number of unbranched alkanes of at least 4 members (excludes halogenated alkanes) is 1. The lowest BCUT2D eigenvalue weighted by Crippen LogP contribution is -2.25. The van der Waals surface area contributed by atoms with Crippen LogP contribution in [0.15, 0.2) is 71.3 Å². The van der Waals surface area contributed by atoms with Crippen molar-refractivity contribution in [2.75, 3.05) is 26.9 Å². The number of nitrogens with two attached hydrogens (primary N) is 1. The molecule has 0 atom stereocenters. The van der Waals surface area contributed by atoms with Gasteiger partial charge in [-0.3, -0.25) is 4.99 Å². The minimum atomic E-state index is 0.359. The molecule has 6 heteroatoms. The summed E-state index contributed by atoms with van der Waals surface area (Å²) in [6.45, 7) is 17.3. The summed E-state index contributed by atoms with van der Waals surface area (Å²) in [6.07, 6.45) is 4.43. The van der Waals surface area contributed by atoms with E-state index in [4.69, 9.17) is 15.5 Å². The molecule has 0 heterocycles. The normalized spacial score (nSPS) is 11.3. The number of hydrogen-bond donors (Lipinski definition) is 2. The lowest BCUT2D eigenvalue weighted by molar-refractivity contribution is 0.188. The van der Waals surface area contributed by atoms with Crippen LogP contribution in [0.25, 0.3) is 0 Å². The maximum absolute atomic E-state index is 5.65. The third-order valence-corrected chi connectivity index (χ3v) is 4.27. The maximum Gasteiger partial charge on any atom is 0.178 e. The quantitative estimate of drug-likeness (QED) is 0.164. The number of aryl methyl sites for hydroxylation is 1. The van der Waals surface area contributed by atoms with E-state index in [0.29, 0.717) is 30.6 Å². The van der Waals surface area contributed by atoms with Crippen molar-refractivity contribution in [3.8, 4) is 0 Å². The zero-order valence-corrected chi connectivity index (χ0v) is 18.1. The molecule has 0 fully saturated rings. The predicted molar refractivity (Wildman–Crippen MR) is 124 cm³/mol. The zero-order valence-electron chi connectivity index (χ0n) is 18.1. The van der Waals surface area contributed by atoms with Gasteiger partial charge in [-0.2, -0.15) is 0 Å². The number of hydrogen-bond acceptors (Lipinski definition) is 5. The molecule has 0 saturated carbocycles. The molecule has 0 aliphatic carbocycles. The highest BCUT2D eigenvalue weighted by molar-refractivity contribution is 6.00. The second-order valence-electron chi connectivity index (χ2n) is 6.73. The van der Waals surface area contributed by atoms with E-state index in [0.717, 1.165) is 37.1 Å². The molecule has 0 amide bonds. The molecular formula is C23H35N5O. The summed E-state index contributed by atoms with van der Waals surface area (Å²) < 4.78 is 5.46. The SMILES string of the molecule is C=C(NC)OCCCCN(C=NC(=C)C(=C)N)CN=C(CC)c1cccc(C)c1. The summed E-state index contributed by atoms with van der Waals surface area (Å²) in [5.41, 5.74) is 9.92. The lowest BCUT2D eigenvalue weighted by Gasteiger charge is -2.18. The van der Waals surface area contributed by atoms with Crippen molar-refractivity contribution >= 4 is 12.1 Å². The molecule has 0 radical (unpaired) electrons. The van der Waals surface area contributed by atoms with Crippen LogP contribution in [-0.4, -0.2) is 43.8 Å². The summed E-state index contributed by atoms with van der Waals surface area (Å²) in [7, 11) is 1.79. The number of ether oxygens (including phenoxy) is 1. The first kappa shape index (κ1) is 24.0. The van der Waals surface area contributed by atoms with Gasteiger partial charge in [-0.25, -0.2) is 4.99 Å². The van der Waals surface area contributed by atoms with Gasteiger partial charge in [0.2, 0.25) is 0 Å². The third kappa shape index (κ3) is 9.65. The first-order valence-electron chi connectivity index (χ1n) is 9.89. The molecule has 1 rings (SSSR count). The zero-order chi connectivity index (χ0) is 21.6. The summed E-state index contributed by atoms with van der Waals surface area (Å²) in [5, 5.41) is 2.87. The third-order valence-electron chi connectivity index (χ3n) is 4.27. The van der Waals surface area contributed by atoms with Crippen LogP contribution in [0.3, 0.4) is 0 Å². The highest BCUT2D eigenvalue weighted by Gasteiger charge is 2.05. The summed E-state index contributed by atoms with van der Waals surface area (Å²) >= 11 is 0. The van der Waals surface area contributed by atoms with Gasteiger partial charge in [0.15, 0.2) is 5.88 Å². The van der Waals surface area contributed by atoms with Gasteiger partial charge in [0.25, 0.3) is 0 Å². The van der Waals surface area contributed by atoms with Gasteiger partial charge in [-0.15, -0.1) is 0 Å². The first-order valence-corrected chi connectivity index (χ1v) is 9.89. The van der Waals surface area contributed by atoms with Crippen molar-refractivity contribution in [2.45, 2.75) is 33.1 Å². The Labute approximate surface area is 175 Å². The van der Waals surface area contributed by atoms with Crippen molar-refractivity contribution in [3.05, 3.63) is 72.4 Å². The summed E-state index contributed by atoms with van der Waals surface area (Å²) in [6, 6.07) is 8.41. The van der Waals surface area contributed by atoms with Crippen LogP contribution in [0.5, 0.6) is 0 Å². The number of aliphatic imine (C=N–C) groups is 2. The van der Waals surface area contributed by atoms with Gasteiger partial charge in [-0.1, -0.05) is 49.9 Å². The summed E-state index contributed by atoms with van der Waals surface area (Å²) in [4.78, 5) is 11.2. The van der Waals surface area contributed by atoms with Crippen molar-refractivity contribution in [2.24, 2.45) is 15.7 Å². The highest BCUT2D eigenvalue weighted by atomic mass is 16.5. The van der Waals surface area contributed by atoms with Crippen molar-refractivity contribution < 1.29 is 4.74 Å². The molecule has 158 valence electrons. The molecule has 0 aromatic heterocycles. The Morgan fingerprint density at radius 1 is 1.28 bits per heavy atom. The number of benzene rings is 1. The first-order chi connectivity index (χ1) is 13.9. The van der Waals surface area contributed by atoms with Crippen molar-refractivity contribution in [1.82, 2.24) is 10.2 Å². The van der Waals surface area contributed by atoms with E-state index < -0.39 is 0 Å². The van der Waals surface area contributed by atoms with Crippen molar-refractivity contribution in [1.29, 1.82) is 0 Å². The molecule has 0 aliphatic rings. The van der Waals surface area contributed by atoms with Crippen LogP contribution in [-0.2, 0) is 4.74 Å². The fourth-order valence-electron chi connectivity index (χ4n) is 2.49. The largest absolute Gasteiger partial charge is 0.480 e. The molecule has 1 aromatic carbocycles. The van der Waals surface area contributed by atoms with Gasteiger partial charge in [0, 0.05) is 25.0 Å². The van der Waals surface area contributed by atoms with E-state index >= 15 is 0 Å². The van der Waals surface area contributed by atoms with Gasteiger partial charge in [0.05, 0.1) is 18.6 Å². The fraction of sp³-hybridized carbons (Fsp3) is 0.391. The van der Waals surface area contributed by atoms with Crippen LogP contribution in [0.1, 0.15) is 37.3 Å². The Kier molecular flexibility index (Phi) is 10.9. The number of rotatable bonds is 14. The molecule has 29 heavy (non-hydrogen) atoms. The average Bonchev–Trinajstić information content (AvgIpc) is 2.70. The van der Waals surface area contributed by atoms with E-state index in [1.807, 2.05) is 4.90 Å². The lowest BCUT2D eigenvalue weighted by atomic mass is 10.1. The van der Waals surface area contributed by atoms with Gasteiger partial charge in [-0.05, 0) is 38.3 Å². The Hall–Kier alpha value is -3.02. The molecule has 1 aromatic rings. The topological polar surface area (TPSA) is 75.2 Å². The molecular weight excluding hydrogens is 362 g/mol. The van der Waals surface area contributed by atoms with E-state index in [2.05, 4.69) is 68.2 Å². The van der Waals surface area contributed by atoms with E-state index in [9.17, 15) is 0 Å². The minimum Gasteiger partial charge on any atom is -0.480 e. The molecule has 3 N–H and O–H groups in total. The highest BCUT2D eigenvalue weighted by Crippen LogP contribution is 2.09. The molecule has 0 aliphatic heterocycles. The molecule has 0 spiro atoms. The number of nitrogens with zero attached hydrogens (tertiary/aromatic N) is 3. The second kappa shape index (κ2) is 13.2. The average molecular weight is 398 g/mol. The Morgan fingerprint density at radius 3 is 2.66 bits per heavy atom. The molecule has 0 saturated heterocycles. The van der Waals surface area contributed by atoms with E-state index in [-0.39, 0.29) is 0 Å². The van der Waals surface area contributed by atoms with Crippen LogP contribution >= 0.6 is 0 Å². The van der Waals surface area contributed by atoms with E-state index in [1.54, 1.807) is 13.4 Å². The predicted octanol–water partition coefficient (Wildman–Crippen LogP) is 3.96. The monoisotopic (exact) mass is 397 g/mol. The van der Waals surface area contributed by atoms with Crippen LogP contribution < -0.4 is 11.1 Å². The second-order valence-corrected chi connectivity index (χ2v) is 6.73. The van der Waals surface area contributed by atoms with Gasteiger partial charge < -0.3 is 20.7 Å². The maximum atomic E-state index is 5.65. The van der Waals surface area contributed by atoms with Crippen LogP contribution in [0, 0.1) is 6.92 Å². The Morgan fingerprint density at radius 2 is 2.03 bits per heavy atom. The minimum absolute atomic E-state index is 0.359. The van der Waals surface area contributed by atoms with Crippen molar-refractivity contribution in [3.63, 3.8) is 0 Å². The Bertz CT molecular complexity index is 751. The van der Waals surface area contributed by atoms with Gasteiger partial charge >= 0.3 is 0 Å². The fourth-order valence-corrected chi connectivity index (χ4v) is 2.49. The number of nitrogens with one attached hydrogen (secondary N) is 1. The van der Waals surface area contributed by atoms with E-state index in [1.165, 1.54) is 5.56 Å². The Balaban J connectivity index is 2.77. The summed E-state index contributed by atoms with van der Waals surface area (Å²) in [5.74, 6) is 0.580. The molecule has 6 nitrogen and oxygen atoms in total. The molecule has 0 bridgehead atoms. The smallest absolute Gasteiger partial charge is 0.178 e. The van der Waals surface area contributed by atoms with Crippen LogP contribution in [0.4, 0.5) is 0 Å². The standard InChI is InChI=1S/C23H35N5O/c1-7-23(22-12-10-11-18(2)15-22)27-17-28(16-26-20(4)19(3)24)13-8-9-14-29-21(5)25-6/h10-12,15-16,25H,3-5,7-9,13-14,17,24H2,1-2,6H3. The molecule has 0 unspecified atom stereocenters. The van der Waals surface area contributed by atoms with Crippen LogP contribution in [0.2, 0.25) is 0 Å². The van der Waals surface area contributed by atoms with Gasteiger partial charge in [0.1, 0.15) is 6.67 Å².